The molecule has 1 aromatic carbocycles. The Balaban J connectivity index is 2.08. The Morgan fingerprint density at radius 2 is 1.88 bits per heavy atom. The zero-order chi connectivity index (χ0) is 11.7. The molecule has 0 atom stereocenters. The van der Waals surface area contributed by atoms with Crippen LogP contribution >= 0.6 is 23.2 Å². The Bertz CT molecular complexity index is 450. The van der Waals surface area contributed by atoms with Crippen molar-refractivity contribution in [3.05, 3.63) is 33.8 Å². The molecular formula is C12H10Cl2O2. The van der Waals surface area contributed by atoms with Gasteiger partial charge in [-0.1, -0.05) is 23.2 Å². The lowest BCUT2D eigenvalue weighted by molar-refractivity contribution is -0.119. The van der Waals surface area contributed by atoms with Gasteiger partial charge in [-0.25, -0.2) is 0 Å². The standard InChI is InChI=1S/C12H10Cl2O2/c13-9-4-3-8(5-10(9)14)12(16)6-11(15)7-1-2-7/h3-5,7H,1-2,6H2. The van der Waals surface area contributed by atoms with Gasteiger partial charge in [-0.15, -0.1) is 0 Å². The van der Waals surface area contributed by atoms with Gasteiger partial charge >= 0.3 is 0 Å². The summed E-state index contributed by atoms with van der Waals surface area (Å²) >= 11 is 11.5. The summed E-state index contributed by atoms with van der Waals surface area (Å²) in [5.74, 6) is -0.0294. The molecule has 0 aliphatic heterocycles. The van der Waals surface area contributed by atoms with Crippen LogP contribution in [0.4, 0.5) is 0 Å². The fourth-order valence-corrected chi connectivity index (χ4v) is 1.78. The highest BCUT2D eigenvalue weighted by molar-refractivity contribution is 6.42. The van der Waals surface area contributed by atoms with Gasteiger partial charge in [-0.3, -0.25) is 9.59 Å². The largest absolute Gasteiger partial charge is 0.299 e. The Morgan fingerprint density at radius 1 is 1.19 bits per heavy atom. The molecule has 4 heteroatoms. The van der Waals surface area contributed by atoms with Gasteiger partial charge in [0.25, 0.3) is 0 Å². The average Bonchev–Trinajstić information content (AvgIpc) is 3.05. The number of benzene rings is 1. The monoisotopic (exact) mass is 256 g/mol. The number of Topliss-reactive ketones (excluding diaryl/α,β-unsaturated/α-hetero) is 2. The Morgan fingerprint density at radius 3 is 2.44 bits per heavy atom. The minimum Gasteiger partial charge on any atom is -0.299 e. The quantitative estimate of drug-likeness (QED) is 0.610. The lowest BCUT2D eigenvalue weighted by Crippen LogP contribution is -2.09. The predicted molar refractivity (Wildman–Crippen MR) is 63.1 cm³/mol. The highest BCUT2D eigenvalue weighted by atomic mass is 35.5. The third-order valence-electron chi connectivity index (χ3n) is 2.61. The van der Waals surface area contributed by atoms with Crippen LogP contribution in [0.2, 0.25) is 10.0 Å². The Labute approximate surface area is 104 Å². The number of hydrogen-bond donors (Lipinski definition) is 0. The van der Waals surface area contributed by atoms with E-state index in [1.807, 2.05) is 0 Å². The van der Waals surface area contributed by atoms with Crippen LogP contribution in [0, 0.1) is 5.92 Å². The van der Waals surface area contributed by atoms with Gasteiger partial charge in [0, 0.05) is 11.5 Å². The summed E-state index contributed by atoms with van der Waals surface area (Å²) in [6.45, 7) is 0. The molecule has 0 aromatic heterocycles. The molecule has 0 N–H and O–H groups in total. The molecule has 1 fully saturated rings. The first kappa shape index (κ1) is 11.6. The second kappa shape index (κ2) is 4.56. The molecule has 2 nitrogen and oxygen atoms in total. The summed E-state index contributed by atoms with van der Waals surface area (Å²) in [6.07, 6.45) is 1.82. The molecule has 16 heavy (non-hydrogen) atoms. The molecule has 1 saturated carbocycles. The maximum Gasteiger partial charge on any atom is 0.170 e. The zero-order valence-electron chi connectivity index (χ0n) is 8.50. The van der Waals surface area contributed by atoms with Crippen LogP contribution in [-0.2, 0) is 4.79 Å². The smallest absolute Gasteiger partial charge is 0.170 e. The molecule has 0 radical (unpaired) electrons. The van der Waals surface area contributed by atoms with E-state index in [0.29, 0.717) is 15.6 Å². The molecule has 1 aliphatic rings. The van der Waals surface area contributed by atoms with Crippen LogP contribution in [0.5, 0.6) is 0 Å². The molecule has 1 aromatic rings. The van der Waals surface area contributed by atoms with Gasteiger partial charge in [0.2, 0.25) is 0 Å². The molecule has 0 amide bonds. The highest BCUT2D eigenvalue weighted by Crippen LogP contribution is 2.31. The molecule has 0 heterocycles. The first-order chi connectivity index (χ1) is 7.58. The van der Waals surface area contributed by atoms with Gasteiger partial charge in [0.1, 0.15) is 5.78 Å². The minimum atomic E-state index is -0.185. The third-order valence-corrected chi connectivity index (χ3v) is 3.35. The fourth-order valence-electron chi connectivity index (χ4n) is 1.48. The van der Waals surface area contributed by atoms with E-state index in [1.54, 1.807) is 12.1 Å². The third kappa shape index (κ3) is 2.63. The normalized spacial score (nSPS) is 14.9. The van der Waals surface area contributed by atoms with Gasteiger partial charge in [0.05, 0.1) is 16.5 Å². The maximum absolute atomic E-state index is 11.7. The number of ketones is 2. The first-order valence-electron chi connectivity index (χ1n) is 5.09. The van der Waals surface area contributed by atoms with E-state index in [-0.39, 0.29) is 23.9 Å². The molecule has 1 aliphatic carbocycles. The van der Waals surface area contributed by atoms with Gasteiger partial charge in [-0.05, 0) is 31.0 Å². The number of carbonyl (C=O) groups excluding carboxylic acids is 2. The summed E-state index contributed by atoms with van der Waals surface area (Å²) in [5, 5.41) is 0.748. The number of carbonyl (C=O) groups is 2. The van der Waals surface area contributed by atoms with Crippen molar-refractivity contribution in [1.29, 1.82) is 0 Å². The fraction of sp³-hybridized carbons (Fsp3) is 0.333. The van der Waals surface area contributed by atoms with Gasteiger partial charge in [-0.2, -0.15) is 0 Å². The van der Waals surface area contributed by atoms with Crippen LogP contribution in [0.15, 0.2) is 18.2 Å². The second-order valence-corrected chi connectivity index (χ2v) is 4.78. The Hall–Kier alpha value is -0.860. The summed E-state index contributed by atoms with van der Waals surface area (Å²) in [4.78, 5) is 23.2. The van der Waals surface area contributed by atoms with Crippen LogP contribution in [-0.4, -0.2) is 11.6 Å². The van der Waals surface area contributed by atoms with Crippen molar-refractivity contribution in [3.8, 4) is 0 Å². The number of hydrogen-bond acceptors (Lipinski definition) is 2. The van der Waals surface area contributed by atoms with E-state index in [9.17, 15) is 9.59 Å². The molecule has 84 valence electrons. The maximum atomic E-state index is 11.7. The summed E-state index contributed by atoms with van der Waals surface area (Å²) in [6, 6.07) is 4.67. The highest BCUT2D eigenvalue weighted by Gasteiger charge is 2.30. The SMILES string of the molecule is O=C(CC(=O)C1CC1)c1ccc(Cl)c(Cl)c1. The minimum absolute atomic E-state index is 0.0252. The zero-order valence-corrected chi connectivity index (χ0v) is 10.0. The predicted octanol–water partition coefficient (Wildman–Crippen LogP) is 3.55. The first-order valence-corrected chi connectivity index (χ1v) is 5.84. The van der Waals surface area contributed by atoms with Crippen LogP contribution in [0.1, 0.15) is 29.6 Å². The molecule has 0 unspecified atom stereocenters. The summed E-state index contributed by atoms with van der Waals surface area (Å²) in [7, 11) is 0. The van der Waals surface area contributed by atoms with E-state index in [1.165, 1.54) is 6.07 Å². The van der Waals surface area contributed by atoms with Crippen LogP contribution < -0.4 is 0 Å². The van der Waals surface area contributed by atoms with E-state index >= 15 is 0 Å². The van der Waals surface area contributed by atoms with Crippen molar-refractivity contribution in [3.63, 3.8) is 0 Å². The van der Waals surface area contributed by atoms with E-state index in [4.69, 9.17) is 23.2 Å². The van der Waals surface area contributed by atoms with Crippen LogP contribution in [0.25, 0.3) is 0 Å². The van der Waals surface area contributed by atoms with E-state index < -0.39 is 0 Å². The molecule has 0 saturated heterocycles. The van der Waals surface area contributed by atoms with Gasteiger partial charge in [0.15, 0.2) is 5.78 Å². The summed E-state index contributed by atoms with van der Waals surface area (Å²) < 4.78 is 0. The van der Waals surface area contributed by atoms with Crippen molar-refractivity contribution < 1.29 is 9.59 Å². The van der Waals surface area contributed by atoms with Crippen molar-refractivity contribution >= 4 is 34.8 Å². The second-order valence-electron chi connectivity index (χ2n) is 3.97. The summed E-state index contributed by atoms with van der Waals surface area (Å²) in [5.41, 5.74) is 0.448. The lowest BCUT2D eigenvalue weighted by Gasteiger charge is -2.01. The average molecular weight is 257 g/mol. The van der Waals surface area contributed by atoms with Crippen molar-refractivity contribution in [2.75, 3.05) is 0 Å². The topological polar surface area (TPSA) is 34.1 Å². The number of rotatable bonds is 4. The van der Waals surface area contributed by atoms with Crippen LogP contribution in [0.3, 0.4) is 0 Å². The van der Waals surface area contributed by atoms with Crippen molar-refractivity contribution in [2.45, 2.75) is 19.3 Å². The van der Waals surface area contributed by atoms with Crippen molar-refractivity contribution in [2.24, 2.45) is 5.92 Å². The number of halogens is 2. The molecule has 0 spiro atoms. The lowest BCUT2D eigenvalue weighted by atomic mass is 10.0. The van der Waals surface area contributed by atoms with E-state index in [0.717, 1.165) is 12.8 Å². The van der Waals surface area contributed by atoms with Crippen molar-refractivity contribution in [1.82, 2.24) is 0 Å². The van der Waals surface area contributed by atoms with E-state index in [2.05, 4.69) is 0 Å². The molecule has 0 bridgehead atoms. The molecular weight excluding hydrogens is 247 g/mol. The Kier molecular flexibility index (Phi) is 3.31. The van der Waals surface area contributed by atoms with Gasteiger partial charge < -0.3 is 0 Å². The molecule has 2 rings (SSSR count).